The predicted molar refractivity (Wildman–Crippen MR) is 96.2 cm³/mol. The lowest BCUT2D eigenvalue weighted by Crippen LogP contribution is -2.44. The highest BCUT2D eigenvalue weighted by Crippen LogP contribution is 2.21. The van der Waals surface area contributed by atoms with Crippen LogP contribution in [0.5, 0.6) is 0 Å². The smallest absolute Gasteiger partial charge is 0.394 e. The Morgan fingerprint density at radius 3 is 2.76 bits per heavy atom. The maximum Gasteiger partial charge on any atom is 0.394 e. The van der Waals surface area contributed by atoms with Gasteiger partial charge in [-0.1, -0.05) is 12.1 Å². The van der Waals surface area contributed by atoms with Crippen molar-refractivity contribution in [1.29, 1.82) is 0 Å². The zero-order chi connectivity index (χ0) is 17.8. The first-order chi connectivity index (χ1) is 12.1. The number of carbonyl (C=O) groups is 1. The first kappa shape index (κ1) is 17.5. The van der Waals surface area contributed by atoms with Crippen LogP contribution in [0.1, 0.15) is 34.6 Å². The molecule has 0 saturated carbocycles. The van der Waals surface area contributed by atoms with E-state index in [1.165, 1.54) is 5.69 Å². The number of rotatable bonds is 5. The fraction of sp³-hybridized carbons (Fsp3) is 0.474. The molecule has 1 aromatic heterocycles. The van der Waals surface area contributed by atoms with Crippen molar-refractivity contribution in [2.45, 2.75) is 20.3 Å². The quantitative estimate of drug-likeness (QED) is 0.778. The Morgan fingerprint density at radius 1 is 1.28 bits per heavy atom. The third-order valence-electron chi connectivity index (χ3n) is 4.49. The van der Waals surface area contributed by atoms with Crippen molar-refractivity contribution >= 4 is 11.7 Å². The largest absolute Gasteiger partial charge is 0.459 e. The fourth-order valence-corrected chi connectivity index (χ4v) is 2.99. The van der Waals surface area contributed by atoms with Crippen LogP contribution < -0.4 is 4.90 Å². The maximum absolute atomic E-state index is 11.8. The van der Waals surface area contributed by atoms with Gasteiger partial charge in [0.1, 0.15) is 5.76 Å². The van der Waals surface area contributed by atoms with Gasteiger partial charge >= 0.3 is 11.9 Å². The number of oxazole rings is 1. The fourth-order valence-electron chi connectivity index (χ4n) is 2.99. The van der Waals surface area contributed by atoms with E-state index in [2.05, 4.69) is 46.1 Å². The van der Waals surface area contributed by atoms with Gasteiger partial charge in [-0.15, -0.1) is 0 Å². The average molecular weight is 343 g/mol. The zero-order valence-corrected chi connectivity index (χ0v) is 15.1. The molecule has 0 radical (unpaired) electrons. The van der Waals surface area contributed by atoms with E-state index in [-0.39, 0.29) is 5.89 Å². The summed E-state index contributed by atoms with van der Waals surface area (Å²) in [4.78, 5) is 20.8. The van der Waals surface area contributed by atoms with Gasteiger partial charge < -0.3 is 19.0 Å². The van der Waals surface area contributed by atoms with Crippen LogP contribution in [0, 0.1) is 6.92 Å². The zero-order valence-electron chi connectivity index (χ0n) is 15.1. The van der Waals surface area contributed by atoms with Crippen molar-refractivity contribution in [2.75, 3.05) is 44.7 Å². The molecule has 134 valence electrons. The normalized spacial score (nSPS) is 15.4. The van der Waals surface area contributed by atoms with Gasteiger partial charge in [0, 0.05) is 38.3 Å². The van der Waals surface area contributed by atoms with Crippen molar-refractivity contribution in [2.24, 2.45) is 0 Å². The lowest BCUT2D eigenvalue weighted by atomic mass is 10.1. The standard InChI is InChI=1S/C19H25N3O3/c1-4-24-19(23)18-20-17(14(2)25-18)13-15-6-5-7-16(12-15)22-10-8-21(3)9-11-22/h5-7,12H,4,8-11,13H2,1-3H3. The third kappa shape index (κ3) is 4.20. The number of aryl methyl sites for hydroxylation is 1. The number of piperazine rings is 1. The minimum absolute atomic E-state index is 0.0320. The lowest BCUT2D eigenvalue weighted by molar-refractivity contribution is 0.0479. The molecule has 0 bridgehead atoms. The van der Waals surface area contributed by atoms with Gasteiger partial charge in [-0.05, 0) is 38.6 Å². The molecule has 2 heterocycles. The van der Waals surface area contributed by atoms with Gasteiger partial charge in [-0.2, -0.15) is 0 Å². The number of aromatic nitrogens is 1. The Bertz CT molecular complexity index is 733. The molecule has 1 aromatic carbocycles. The molecule has 1 aliphatic rings. The first-order valence-corrected chi connectivity index (χ1v) is 8.72. The summed E-state index contributed by atoms with van der Waals surface area (Å²) in [6.45, 7) is 8.13. The SMILES string of the molecule is CCOC(=O)c1nc(Cc2cccc(N3CCN(C)CC3)c2)c(C)o1. The van der Waals surface area contributed by atoms with E-state index in [0.29, 0.717) is 18.8 Å². The monoisotopic (exact) mass is 343 g/mol. The van der Waals surface area contributed by atoms with Gasteiger partial charge in [0.25, 0.3) is 0 Å². The van der Waals surface area contributed by atoms with Crippen molar-refractivity contribution in [3.63, 3.8) is 0 Å². The average Bonchev–Trinajstić information content (AvgIpc) is 2.97. The van der Waals surface area contributed by atoms with Crippen LogP contribution in [0.25, 0.3) is 0 Å². The van der Waals surface area contributed by atoms with Gasteiger partial charge in [-0.3, -0.25) is 0 Å². The molecule has 6 nitrogen and oxygen atoms in total. The Labute approximate surface area is 148 Å². The summed E-state index contributed by atoms with van der Waals surface area (Å²) >= 11 is 0. The highest BCUT2D eigenvalue weighted by molar-refractivity contribution is 5.84. The van der Waals surface area contributed by atoms with E-state index in [4.69, 9.17) is 9.15 Å². The van der Waals surface area contributed by atoms with Gasteiger partial charge in [-0.25, -0.2) is 9.78 Å². The van der Waals surface area contributed by atoms with Gasteiger partial charge in [0.2, 0.25) is 0 Å². The molecule has 1 saturated heterocycles. The highest BCUT2D eigenvalue weighted by Gasteiger charge is 2.18. The van der Waals surface area contributed by atoms with Crippen LogP contribution in [-0.4, -0.2) is 55.7 Å². The Morgan fingerprint density at radius 2 is 2.04 bits per heavy atom. The Hall–Kier alpha value is -2.34. The summed E-state index contributed by atoms with van der Waals surface area (Å²) in [5.74, 6) is 0.181. The topological polar surface area (TPSA) is 58.8 Å². The molecule has 25 heavy (non-hydrogen) atoms. The van der Waals surface area contributed by atoms with E-state index in [9.17, 15) is 4.79 Å². The molecule has 0 unspecified atom stereocenters. The summed E-state index contributed by atoms with van der Waals surface area (Å²) in [6.07, 6.45) is 0.635. The second kappa shape index (κ2) is 7.70. The molecule has 1 aliphatic heterocycles. The summed E-state index contributed by atoms with van der Waals surface area (Å²) in [7, 11) is 2.16. The number of carbonyl (C=O) groups excluding carboxylic acids is 1. The number of ether oxygens (including phenoxy) is 1. The minimum atomic E-state index is -0.511. The van der Waals surface area contributed by atoms with Crippen LogP contribution in [0.2, 0.25) is 0 Å². The second-order valence-corrected chi connectivity index (χ2v) is 6.38. The van der Waals surface area contributed by atoms with Crippen LogP contribution >= 0.6 is 0 Å². The summed E-state index contributed by atoms with van der Waals surface area (Å²) in [5.41, 5.74) is 3.17. The van der Waals surface area contributed by atoms with Crippen LogP contribution in [0.3, 0.4) is 0 Å². The van der Waals surface area contributed by atoms with Crippen LogP contribution in [-0.2, 0) is 11.2 Å². The summed E-state index contributed by atoms with van der Waals surface area (Å²) < 4.78 is 10.4. The number of anilines is 1. The van der Waals surface area contributed by atoms with E-state index >= 15 is 0 Å². The van der Waals surface area contributed by atoms with Gasteiger partial charge in [0.05, 0.1) is 12.3 Å². The van der Waals surface area contributed by atoms with E-state index in [1.54, 1.807) is 6.92 Å². The molecular weight excluding hydrogens is 318 g/mol. The van der Waals surface area contributed by atoms with Crippen molar-refractivity contribution < 1.29 is 13.9 Å². The summed E-state index contributed by atoms with van der Waals surface area (Å²) in [5, 5.41) is 0. The number of hydrogen-bond acceptors (Lipinski definition) is 6. The minimum Gasteiger partial charge on any atom is -0.459 e. The van der Waals surface area contributed by atoms with Crippen LogP contribution in [0.15, 0.2) is 28.7 Å². The highest BCUT2D eigenvalue weighted by atomic mass is 16.5. The molecular formula is C19H25N3O3. The maximum atomic E-state index is 11.8. The summed E-state index contributed by atoms with van der Waals surface area (Å²) in [6, 6.07) is 8.50. The molecule has 1 fully saturated rings. The number of nitrogens with zero attached hydrogens (tertiary/aromatic N) is 3. The number of hydrogen-bond donors (Lipinski definition) is 0. The molecule has 0 amide bonds. The van der Waals surface area contributed by atoms with Crippen molar-refractivity contribution in [3.05, 3.63) is 47.2 Å². The number of benzene rings is 1. The van der Waals surface area contributed by atoms with E-state index in [0.717, 1.165) is 37.4 Å². The molecule has 0 spiro atoms. The van der Waals surface area contributed by atoms with Crippen molar-refractivity contribution in [1.82, 2.24) is 9.88 Å². The molecule has 6 heteroatoms. The molecule has 0 atom stereocenters. The third-order valence-corrected chi connectivity index (χ3v) is 4.49. The lowest BCUT2D eigenvalue weighted by Gasteiger charge is -2.34. The Balaban J connectivity index is 1.73. The van der Waals surface area contributed by atoms with Crippen LogP contribution in [0.4, 0.5) is 5.69 Å². The van der Waals surface area contributed by atoms with Crippen molar-refractivity contribution in [3.8, 4) is 0 Å². The number of esters is 1. The molecule has 0 N–H and O–H groups in total. The first-order valence-electron chi connectivity index (χ1n) is 8.72. The molecule has 3 rings (SSSR count). The molecule has 2 aromatic rings. The predicted octanol–water partition coefficient (Wildman–Crippen LogP) is 2.50. The second-order valence-electron chi connectivity index (χ2n) is 6.38. The van der Waals surface area contributed by atoms with Gasteiger partial charge in [0.15, 0.2) is 0 Å². The Kier molecular flexibility index (Phi) is 5.38. The van der Waals surface area contributed by atoms with E-state index < -0.39 is 5.97 Å². The molecule has 0 aliphatic carbocycles. The number of likely N-dealkylation sites (N-methyl/N-ethyl adjacent to an activating group) is 1. The van der Waals surface area contributed by atoms with E-state index in [1.807, 2.05) is 6.92 Å².